The first-order chi connectivity index (χ1) is 15.6. The Hall–Kier alpha value is -3.25. The molecule has 0 saturated heterocycles. The van der Waals surface area contributed by atoms with Crippen molar-refractivity contribution in [3.05, 3.63) is 83.3 Å². The quantitative estimate of drug-likeness (QED) is 0.521. The first-order valence-electron chi connectivity index (χ1n) is 10.6. The van der Waals surface area contributed by atoms with Crippen LogP contribution in [0.1, 0.15) is 47.8 Å². The zero-order valence-electron chi connectivity index (χ0n) is 17.8. The van der Waals surface area contributed by atoms with Crippen LogP contribution in [0.15, 0.2) is 71.3 Å². The summed E-state index contributed by atoms with van der Waals surface area (Å²) in [7, 11) is 1.58. The first-order valence-corrected chi connectivity index (χ1v) is 11.0. The van der Waals surface area contributed by atoms with Crippen LogP contribution in [0.25, 0.3) is 0 Å². The maximum Gasteiger partial charge on any atom is 0.294 e. The van der Waals surface area contributed by atoms with Gasteiger partial charge >= 0.3 is 0 Å². The maximum atomic E-state index is 13.6. The van der Waals surface area contributed by atoms with Crippen LogP contribution in [0, 0.1) is 0 Å². The zero-order valence-corrected chi connectivity index (χ0v) is 18.5. The summed E-state index contributed by atoms with van der Waals surface area (Å²) in [6.45, 7) is 0. The average Bonchev–Trinajstić information content (AvgIpc) is 3.52. The standard InChI is InChI=1S/C25H25ClN2O4/c1-31-21-14-12-20(13-15-21)28(25(30)22-7-4-16-32-22)23(17-8-10-18(26)11-9-17)24(29)27-19-5-2-3-6-19/h4,7-16,19,23H,2-3,5-6H2,1H3,(H,27,29). The van der Waals surface area contributed by atoms with Gasteiger partial charge in [-0.2, -0.15) is 0 Å². The highest BCUT2D eigenvalue weighted by Crippen LogP contribution is 2.32. The molecule has 3 aromatic rings. The monoisotopic (exact) mass is 452 g/mol. The summed E-state index contributed by atoms with van der Waals surface area (Å²) in [5.74, 6) is 0.141. The number of furan rings is 1. The Bertz CT molecular complexity index is 1040. The van der Waals surface area contributed by atoms with Crippen LogP contribution in [0.5, 0.6) is 5.75 Å². The van der Waals surface area contributed by atoms with E-state index < -0.39 is 11.9 Å². The molecule has 1 aliphatic rings. The van der Waals surface area contributed by atoms with Gasteiger partial charge in [0, 0.05) is 16.8 Å². The summed E-state index contributed by atoms with van der Waals surface area (Å²) in [6.07, 6.45) is 5.49. The Morgan fingerprint density at radius 1 is 1.06 bits per heavy atom. The Labute approximate surface area is 192 Å². The third-order valence-corrected chi connectivity index (χ3v) is 5.95. The molecule has 4 rings (SSSR count). The molecule has 6 nitrogen and oxygen atoms in total. The smallest absolute Gasteiger partial charge is 0.294 e. The summed E-state index contributed by atoms with van der Waals surface area (Å²) in [6, 6.07) is 16.4. The summed E-state index contributed by atoms with van der Waals surface area (Å²) in [5, 5.41) is 3.70. The predicted octanol–water partition coefficient (Wildman–Crippen LogP) is 5.39. The Morgan fingerprint density at radius 3 is 2.34 bits per heavy atom. The fourth-order valence-corrected chi connectivity index (χ4v) is 4.18. The number of carbonyl (C=O) groups excluding carboxylic acids is 2. The van der Waals surface area contributed by atoms with Gasteiger partial charge in [-0.25, -0.2) is 0 Å². The molecule has 1 N–H and O–H groups in total. The van der Waals surface area contributed by atoms with E-state index in [9.17, 15) is 9.59 Å². The molecule has 0 aliphatic heterocycles. The van der Waals surface area contributed by atoms with Crippen molar-refractivity contribution in [2.24, 2.45) is 0 Å². The molecule has 1 aromatic heterocycles. The van der Waals surface area contributed by atoms with Gasteiger partial charge in [0.2, 0.25) is 5.91 Å². The molecule has 1 atom stereocenters. The molecule has 166 valence electrons. The van der Waals surface area contributed by atoms with Crippen molar-refractivity contribution in [2.75, 3.05) is 12.0 Å². The van der Waals surface area contributed by atoms with Crippen LogP contribution in [0.3, 0.4) is 0 Å². The second-order valence-electron chi connectivity index (χ2n) is 7.79. The topological polar surface area (TPSA) is 71.8 Å². The zero-order chi connectivity index (χ0) is 22.5. The molecule has 0 radical (unpaired) electrons. The van der Waals surface area contributed by atoms with Crippen molar-refractivity contribution in [3.63, 3.8) is 0 Å². The number of rotatable bonds is 7. The molecule has 1 fully saturated rings. The lowest BCUT2D eigenvalue weighted by molar-refractivity contribution is -0.123. The van der Waals surface area contributed by atoms with Crippen molar-refractivity contribution in [1.29, 1.82) is 0 Å². The van der Waals surface area contributed by atoms with E-state index in [2.05, 4.69) is 5.32 Å². The van der Waals surface area contributed by atoms with Gasteiger partial charge in [0.15, 0.2) is 5.76 Å². The Balaban J connectivity index is 1.79. The molecule has 1 saturated carbocycles. The first kappa shape index (κ1) is 22.0. The fraction of sp³-hybridized carbons (Fsp3) is 0.280. The molecule has 1 heterocycles. The Kier molecular flexibility index (Phi) is 6.81. The molecular formula is C25H25ClN2O4. The molecular weight excluding hydrogens is 428 g/mol. The summed E-state index contributed by atoms with van der Waals surface area (Å²) < 4.78 is 10.7. The molecule has 7 heteroatoms. The van der Waals surface area contributed by atoms with Crippen LogP contribution in [-0.4, -0.2) is 25.0 Å². The van der Waals surface area contributed by atoms with Gasteiger partial charge in [0.25, 0.3) is 5.91 Å². The van der Waals surface area contributed by atoms with E-state index in [1.54, 1.807) is 67.8 Å². The van der Waals surface area contributed by atoms with Crippen molar-refractivity contribution < 1.29 is 18.7 Å². The number of nitrogens with one attached hydrogen (secondary N) is 1. The lowest BCUT2D eigenvalue weighted by Gasteiger charge is -2.32. The van der Waals surface area contributed by atoms with Crippen molar-refractivity contribution in [3.8, 4) is 5.75 Å². The number of benzene rings is 2. The van der Waals surface area contributed by atoms with E-state index in [1.807, 2.05) is 0 Å². The highest BCUT2D eigenvalue weighted by Gasteiger charge is 2.35. The molecule has 1 unspecified atom stereocenters. The van der Waals surface area contributed by atoms with Crippen LogP contribution < -0.4 is 15.0 Å². The third-order valence-electron chi connectivity index (χ3n) is 5.70. The number of anilines is 1. The number of ether oxygens (including phenoxy) is 1. The van der Waals surface area contributed by atoms with E-state index >= 15 is 0 Å². The van der Waals surface area contributed by atoms with Crippen LogP contribution in [0.4, 0.5) is 5.69 Å². The lowest BCUT2D eigenvalue weighted by Crippen LogP contribution is -2.46. The van der Waals surface area contributed by atoms with Gasteiger partial charge in [-0.1, -0.05) is 36.6 Å². The van der Waals surface area contributed by atoms with Crippen LogP contribution in [-0.2, 0) is 4.79 Å². The largest absolute Gasteiger partial charge is 0.497 e. The van der Waals surface area contributed by atoms with Gasteiger partial charge in [0.1, 0.15) is 11.8 Å². The summed E-state index contributed by atoms with van der Waals surface area (Å²) in [5.41, 5.74) is 1.20. The van der Waals surface area contributed by atoms with E-state index in [0.29, 0.717) is 22.0 Å². The molecule has 0 bridgehead atoms. The van der Waals surface area contributed by atoms with E-state index in [1.165, 1.54) is 11.2 Å². The SMILES string of the molecule is COc1ccc(N(C(=O)c2ccco2)C(C(=O)NC2CCCC2)c2ccc(Cl)cc2)cc1. The molecule has 0 spiro atoms. The minimum atomic E-state index is -0.904. The molecule has 2 amide bonds. The second-order valence-corrected chi connectivity index (χ2v) is 8.23. The van der Waals surface area contributed by atoms with E-state index in [0.717, 1.165) is 25.7 Å². The number of halogens is 1. The Morgan fingerprint density at radius 2 is 1.75 bits per heavy atom. The lowest BCUT2D eigenvalue weighted by atomic mass is 10.0. The van der Waals surface area contributed by atoms with Crippen LogP contribution in [0.2, 0.25) is 5.02 Å². The van der Waals surface area contributed by atoms with Gasteiger partial charge in [-0.3, -0.25) is 14.5 Å². The van der Waals surface area contributed by atoms with Crippen molar-refractivity contribution >= 4 is 29.1 Å². The molecule has 32 heavy (non-hydrogen) atoms. The highest BCUT2D eigenvalue weighted by molar-refractivity contribution is 6.30. The number of carbonyl (C=O) groups is 2. The fourth-order valence-electron chi connectivity index (χ4n) is 4.06. The predicted molar refractivity (Wildman–Crippen MR) is 123 cm³/mol. The van der Waals surface area contributed by atoms with Gasteiger partial charge in [0.05, 0.1) is 13.4 Å². The molecule has 2 aromatic carbocycles. The molecule has 1 aliphatic carbocycles. The third kappa shape index (κ3) is 4.81. The summed E-state index contributed by atoms with van der Waals surface area (Å²) >= 11 is 6.10. The summed E-state index contributed by atoms with van der Waals surface area (Å²) in [4.78, 5) is 28.6. The highest BCUT2D eigenvalue weighted by atomic mass is 35.5. The van der Waals surface area contributed by atoms with Crippen LogP contribution >= 0.6 is 11.6 Å². The van der Waals surface area contributed by atoms with Crippen molar-refractivity contribution in [1.82, 2.24) is 5.32 Å². The van der Waals surface area contributed by atoms with Gasteiger partial charge in [-0.15, -0.1) is 0 Å². The van der Waals surface area contributed by atoms with Crippen molar-refractivity contribution in [2.45, 2.75) is 37.8 Å². The van der Waals surface area contributed by atoms with E-state index in [4.69, 9.17) is 20.8 Å². The average molecular weight is 453 g/mol. The van der Waals surface area contributed by atoms with Gasteiger partial charge < -0.3 is 14.5 Å². The van der Waals surface area contributed by atoms with Gasteiger partial charge in [-0.05, 0) is 66.9 Å². The normalized spacial score (nSPS) is 14.7. The minimum Gasteiger partial charge on any atom is -0.497 e. The maximum absolute atomic E-state index is 13.6. The number of amides is 2. The number of hydrogen-bond acceptors (Lipinski definition) is 4. The van der Waals surface area contributed by atoms with E-state index in [-0.39, 0.29) is 17.7 Å². The number of nitrogens with zero attached hydrogens (tertiary/aromatic N) is 1. The number of methoxy groups -OCH3 is 1. The second kappa shape index (κ2) is 9.92. The minimum absolute atomic E-state index is 0.105. The number of hydrogen-bond donors (Lipinski definition) is 1.